The molecule has 0 aliphatic carbocycles. The fourth-order valence-electron chi connectivity index (χ4n) is 2.09. The highest BCUT2D eigenvalue weighted by Crippen LogP contribution is 2.24. The van der Waals surface area contributed by atoms with Crippen LogP contribution in [0.1, 0.15) is 13.8 Å². The van der Waals surface area contributed by atoms with E-state index >= 15 is 0 Å². The highest BCUT2D eigenvalue weighted by atomic mass is 16.5. The number of hydrogen-bond acceptors (Lipinski definition) is 2. The van der Waals surface area contributed by atoms with Crippen molar-refractivity contribution in [1.29, 1.82) is 0 Å². The Kier molecular flexibility index (Phi) is 5.21. The number of para-hydroxylation sites is 3. The van der Waals surface area contributed by atoms with Crippen LogP contribution >= 0.6 is 0 Å². The molecule has 2 aromatic rings. The minimum atomic E-state index is -0.171. The van der Waals surface area contributed by atoms with E-state index in [2.05, 4.69) is 5.32 Å². The third kappa shape index (κ3) is 3.75. The van der Waals surface area contributed by atoms with E-state index in [4.69, 9.17) is 4.74 Å². The summed E-state index contributed by atoms with van der Waals surface area (Å²) in [6.45, 7) is 5.01. The number of urea groups is 1. The Hall–Kier alpha value is -2.49. The molecule has 21 heavy (non-hydrogen) atoms. The first-order chi connectivity index (χ1) is 10.3. The van der Waals surface area contributed by atoms with Crippen molar-refractivity contribution in [3.63, 3.8) is 0 Å². The average molecular weight is 284 g/mol. The van der Waals surface area contributed by atoms with Gasteiger partial charge in [-0.1, -0.05) is 30.3 Å². The molecule has 2 aromatic carbocycles. The van der Waals surface area contributed by atoms with E-state index in [0.29, 0.717) is 24.6 Å². The number of carbonyl (C=O) groups is 1. The summed E-state index contributed by atoms with van der Waals surface area (Å²) in [7, 11) is 0. The van der Waals surface area contributed by atoms with Gasteiger partial charge in [-0.05, 0) is 38.1 Å². The number of amides is 2. The van der Waals surface area contributed by atoms with Gasteiger partial charge < -0.3 is 10.1 Å². The normalized spacial score (nSPS) is 10.0. The molecular formula is C17H20N2O2. The molecule has 0 bridgehead atoms. The molecule has 2 amide bonds. The van der Waals surface area contributed by atoms with Crippen LogP contribution in [-0.4, -0.2) is 19.2 Å². The van der Waals surface area contributed by atoms with Gasteiger partial charge in [0.2, 0.25) is 0 Å². The van der Waals surface area contributed by atoms with Gasteiger partial charge in [0.05, 0.1) is 12.3 Å². The van der Waals surface area contributed by atoms with Crippen molar-refractivity contribution in [3.05, 3.63) is 54.6 Å². The smallest absolute Gasteiger partial charge is 0.326 e. The van der Waals surface area contributed by atoms with Crippen molar-refractivity contribution in [3.8, 4) is 5.75 Å². The quantitative estimate of drug-likeness (QED) is 0.896. The molecule has 110 valence electrons. The summed E-state index contributed by atoms with van der Waals surface area (Å²) in [4.78, 5) is 14.1. The third-order valence-electron chi connectivity index (χ3n) is 3.06. The first-order valence-electron chi connectivity index (χ1n) is 7.11. The van der Waals surface area contributed by atoms with Crippen LogP contribution in [0.5, 0.6) is 5.75 Å². The summed E-state index contributed by atoms with van der Waals surface area (Å²) >= 11 is 0. The van der Waals surface area contributed by atoms with Gasteiger partial charge in [0, 0.05) is 12.2 Å². The van der Waals surface area contributed by atoms with Crippen LogP contribution in [0, 0.1) is 0 Å². The molecule has 0 aliphatic rings. The summed E-state index contributed by atoms with van der Waals surface area (Å²) in [6, 6.07) is 16.9. The highest BCUT2D eigenvalue weighted by Gasteiger charge is 2.15. The molecule has 0 saturated heterocycles. The SMILES string of the molecule is CCOc1ccccc1NC(=O)N(CC)c1ccccc1. The van der Waals surface area contributed by atoms with Gasteiger partial charge in [-0.2, -0.15) is 0 Å². The minimum Gasteiger partial charge on any atom is -0.492 e. The number of carbonyl (C=O) groups excluding carboxylic acids is 1. The molecule has 1 N–H and O–H groups in total. The van der Waals surface area contributed by atoms with Crippen LogP contribution in [0.2, 0.25) is 0 Å². The molecule has 0 aliphatic heterocycles. The molecule has 2 rings (SSSR count). The number of rotatable bonds is 5. The Balaban J connectivity index is 2.17. The lowest BCUT2D eigenvalue weighted by Gasteiger charge is -2.22. The second kappa shape index (κ2) is 7.33. The maximum absolute atomic E-state index is 12.5. The Morgan fingerprint density at radius 2 is 1.71 bits per heavy atom. The zero-order valence-corrected chi connectivity index (χ0v) is 12.4. The number of nitrogens with one attached hydrogen (secondary N) is 1. The minimum absolute atomic E-state index is 0.171. The largest absolute Gasteiger partial charge is 0.492 e. The van der Waals surface area contributed by atoms with Gasteiger partial charge >= 0.3 is 6.03 Å². The van der Waals surface area contributed by atoms with Crippen LogP contribution < -0.4 is 15.0 Å². The summed E-state index contributed by atoms with van der Waals surface area (Å²) in [5, 5.41) is 2.91. The van der Waals surface area contributed by atoms with E-state index in [1.54, 1.807) is 4.90 Å². The number of hydrogen-bond donors (Lipinski definition) is 1. The van der Waals surface area contributed by atoms with Gasteiger partial charge in [-0.25, -0.2) is 4.79 Å². The lowest BCUT2D eigenvalue weighted by atomic mass is 10.3. The topological polar surface area (TPSA) is 41.6 Å². The van der Waals surface area contributed by atoms with E-state index in [-0.39, 0.29) is 6.03 Å². The van der Waals surface area contributed by atoms with Crippen molar-refractivity contribution in [2.45, 2.75) is 13.8 Å². The second-order valence-electron chi connectivity index (χ2n) is 4.44. The van der Waals surface area contributed by atoms with Crippen molar-refractivity contribution in [2.75, 3.05) is 23.4 Å². The van der Waals surface area contributed by atoms with Gasteiger partial charge in [0.1, 0.15) is 5.75 Å². The molecule has 0 fully saturated rings. The molecule has 0 atom stereocenters. The molecule has 0 saturated carbocycles. The first-order valence-corrected chi connectivity index (χ1v) is 7.11. The maximum Gasteiger partial charge on any atom is 0.326 e. The second-order valence-corrected chi connectivity index (χ2v) is 4.44. The van der Waals surface area contributed by atoms with Crippen molar-refractivity contribution >= 4 is 17.4 Å². The number of ether oxygens (including phenoxy) is 1. The highest BCUT2D eigenvalue weighted by molar-refractivity contribution is 6.02. The number of anilines is 2. The number of benzene rings is 2. The molecule has 0 spiro atoms. The molecule has 0 radical (unpaired) electrons. The van der Waals surface area contributed by atoms with E-state index < -0.39 is 0 Å². The van der Waals surface area contributed by atoms with Crippen LogP contribution in [0.15, 0.2) is 54.6 Å². The zero-order chi connectivity index (χ0) is 15.1. The number of nitrogens with zero attached hydrogens (tertiary/aromatic N) is 1. The van der Waals surface area contributed by atoms with E-state index in [9.17, 15) is 4.79 Å². The van der Waals surface area contributed by atoms with E-state index in [0.717, 1.165) is 5.69 Å². The van der Waals surface area contributed by atoms with Crippen molar-refractivity contribution in [2.24, 2.45) is 0 Å². The lowest BCUT2D eigenvalue weighted by Crippen LogP contribution is -2.34. The molecule has 4 heteroatoms. The summed E-state index contributed by atoms with van der Waals surface area (Å²) < 4.78 is 5.52. The lowest BCUT2D eigenvalue weighted by molar-refractivity contribution is 0.257. The van der Waals surface area contributed by atoms with Crippen LogP contribution in [0.4, 0.5) is 16.2 Å². The third-order valence-corrected chi connectivity index (χ3v) is 3.06. The Morgan fingerprint density at radius 3 is 2.38 bits per heavy atom. The standard InChI is InChI=1S/C17H20N2O2/c1-3-19(14-10-6-5-7-11-14)17(20)18-15-12-8-9-13-16(15)21-4-2/h5-13H,3-4H2,1-2H3,(H,18,20). The molecule has 4 nitrogen and oxygen atoms in total. The predicted octanol–water partition coefficient (Wildman–Crippen LogP) is 4.14. The Bertz CT molecular complexity index is 584. The van der Waals surface area contributed by atoms with E-state index in [1.807, 2.05) is 68.4 Å². The van der Waals surface area contributed by atoms with Crippen molar-refractivity contribution in [1.82, 2.24) is 0 Å². The van der Waals surface area contributed by atoms with E-state index in [1.165, 1.54) is 0 Å². The fourth-order valence-corrected chi connectivity index (χ4v) is 2.09. The van der Waals surface area contributed by atoms with Gasteiger partial charge in [-0.3, -0.25) is 4.90 Å². The Labute approximate surface area is 125 Å². The molecule has 0 heterocycles. The van der Waals surface area contributed by atoms with Crippen LogP contribution in [0.3, 0.4) is 0 Å². The molecule has 0 aromatic heterocycles. The van der Waals surface area contributed by atoms with Crippen LogP contribution in [-0.2, 0) is 0 Å². The summed E-state index contributed by atoms with van der Waals surface area (Å²) in [6.07, 6.45) is 0. The summed E-state index contributed by atoms with van der Waals surface area (Å²) in [5.41, 5.74) is 1.55. The maximum atomic E-state index is 12.5. The predicted molar refractivity (Wildman–Crippen MR) is 86.1 cm³/mol. The summed E-state index contributed by atoms with van der Waals surface area (Å²) in [5.74, 6) is 0.678. The van der Waals surface area contributed by atoms with Gasteiger partial charge in [0.15, 0.2) is 0 Å². The fraction of sp³-hybridized carbons (Fsp3) is 0.235. The Morgan fingerprint density at radius 1 is 1.05 bits per heavy atom. The van der Waals surface area contributed by atoms with Crippen molar-refractivity contribution < 1.29 is 9.53 Å². The molecule has 0 unspecified atom stereocenters. The average Bonchev–Trinajstić information content (AvgIpc) is 2.51. The monoisotopic (exact) mass is 284 g/mol. The molecular weight excluding hydrogens is 264 g/mol. The first kappa shape index (κ1) is 14.9. The zero-order valence-electron chi connectivity index (χ0n) is 12.4. The van der Waals surface area contributed by atoms with Gasteiger partial charge in [0.25, 0.3) is 0 Å². The van der Waals surface area contributed by atoms with Crippen LogP contribution in [0.25, 0.3) is 0 Å². The van der Waals surface area contributed by atoms with Gasteiger partial charge in [-0.15, -0.1) is 0 Å².